The highest BCUT2D eigenvalue weighted by molar-refractivity contribution is 8.54. The Hall–Kier alpha value is -4.87. The number of carbonyl (C=O) groups is 1. The number of benzene rings is 2. The van der Waals surface area contributed by atoms with Crippen molar-refractivity contribution in [1.29, 1.82) is 0 Å². The third kappa shape index (κ3) is 8.66. The molecular weight excluding hydrogens is 860 g/mol. The molecule has 3 aromatic heterocycles. The van der Waals surface area contributed by atoms with E-state index in [1.165, 1.54) is 36.2 Å². The molecule has 0 amide bonds. The topological polar surface area (TPSA) is 276 Å². The van der Waals surface area contributed by atoms with Crippen LogP contribution in [0, 0.1) is 0 Å². The molecule has 26 heteroatoms. The number of phosphoric ester groups is 1. The highest BCUT2D eigenvalue weighted by atomic mass is 32.7. The first-order valence-corrected chi connectivity index (χ1v) is 22.4. The molecule has 3 fully saturated rings. The number of carbonyl (C=O) groups excluding carboxylic acids is 1. The van der Waals surface area contributed by atoms with Gasteiger partial charge >= 0.3 is 26.3 Å². The fraction of sp³-hybridized carbons (Fsp3) is 0.353. The fourth-order valence-corrected chi connectivity index (χ4v) is 10.8. The minimum Gasteiger partial charge on any atom is -0.497 e. The molecular formula is C34H34F2N8O13P2S. The van der Waals surface area contributed by atoms with Gasteiger partial charge in [-0.1, -0.05) is 12.1 Å². The van der Waals surface area contributed by atoms with Crippen LogP contribution in [0.4, 0.5) is 20.4 Å². The zero-order chi connectivity index (χ0) is 42.3. The van der Waals surface area contributed by atoms with Crippen molar-refractivity contribution in [3.8, 4) is 11.5 Å². The van der Waals surface area contributed by atoms with E-state index in [9.17, 15) is 23.6 Å². The summed E-state index contributed by atoms with van der Waals surface area (Å²) < 4.78 is 107. The number of imidazole rings is 1. The Morgan fingerprint density at radius 1 is 0.900 bits per heavy atom. The number of esters is 1. The molecule has 0 radical (unpaired) electrons. The summed E-state index contributed by atoms with van der Waals surface area (Å²) in [5.41, 5.74) is 11.5. The molecule has 0 aliphatic carbocycles. The minimum absolute atomic E-state index is 0.00970. The average Bonchev–Trinajstić information content (AvgIpc) is 3.89. The van der Waals surface area contributed by atoms with E-state index < -0.39 is 88.7 Å². The van der Waals surface area contributed by atoms with Crippen LogP contribution in [0.15, 0.2) is 78.2 Å². The van der Waals surface area contributed by atoms with Gasteiger partial charge < -0.3 is 35.3 Å². The number of fused-ring (bicyclic) bond motifs is 3. The van der Waals surface area contributed by atoms with Crippen LogP contribution in [0.5, 0.6) is 11.5 Å². The van der Waals surface area contributed by atoms with Crippen LogP contribution in [0.2, 0.25) is 0 Å². The number of aromatic nitrogens is 6. The molecule has 3 saturated heterocycles. The number of nitrogens with two attached hydrogens (primary N) is 2. The molecule has 0 saturated carbocycles. The van der Waals surface area contributed by atoms with E-state index in [1.807, 2.05) is 0 Å². The summed E-state index contributed by atoms with van der Waals surface area (Å²) in [6.45, 7) is -6.34. The lowest BCUT2D eigenvalue weighted by Crippen LogP contribution is -2.37. The molecule has 21 nitrogen and oxygen atoms in total. The number of phosphoric acid groups is 1. The van der Waals surface area contributed by atoms with Crippen LogP contribution < -0.4 is 26.6 Å². The number of hydrogen-bond donors (Lipinski definition) is 3. The van der Waals surface area contributed by atoms with Gasteiger partial charge in [-0.3, -0.25) is 27.2 Å². The van der Waals surface area contributed by atoms with Gasteiger partial charge in [0.15, 0.2) is 36.3 Å². The van der Waals surface area contributed by atoms with Crippen molar-refractivity contribution in [1.82, 2.24) is 29.1 Å². The smallest absolute Gasteiger partial charge is 0.472 e. The summed E-state index contributed by atoms with van der Waals surface area (Å²) in [5.74, 6) is -0.147. The lowest BCUT2D eigenvalue weighted by atomic mass is 10.1. The molecule has 0 bridgehead atoms. The van der Waals surface area contributed by atoms with Crippen molar-refractivity contribution in [2.75, 3.05) is 31.8 Å². The van der Waals surface area contributed by atoms with Crippen LogP contribution in [0.3, 0.4) is 0 Å². The van der Waals surface area contributed by atoms with Gasteiger partial charge in [-0.25, -0.2) is 42.5 Å². The van der Waals surface area contributed by atoms with Gasteiger partial charge in [-0.15, -0.1) is 0 Å². The molecule has 8 rings (SSSR count). The fourth-order valence-electron chi connectivity index (χ4n) is 6.50. The Labute approximate surface area is 341 Å². The van der Waals surface area contributed by atoms with E-state index in [4.69, 9.17) is 48.5 Å². The Morgan fingerprint density at radius 2 is 1.55 bits per heavy atom. The van der Waals surface area contributed by atoms with Gasteiger partial charge in [0.25, 0.3) is 0 Å². The van der Waals surface area contributed by atoms with E-state index in [0.717, 1.165) is 17.1 Å². The van der Waals surface area contributed by atoms with Crippen LogP contribution in [-0.2, 0) is 42.5 Å². The summed E-state index contributed by atoms with van der Waals surface area (Å²) in [6, 6.07) is 13.6. The Balaban J connectivity index is 1.06. The second-order valence-electron chi connectivity index (χ2n) is 13.3. The number of nitrogen functional groups attached to an aromatic ring is 2. The zero-order valence-corrected chi connectivity index (χ0v) is 33.5. The maximum atomic E-state index is 16.4. The molecule has 5 aromatic rings. The normalized spacial score (nSPS) is 30.8. The average molecular weight is 895 g/mol. The summed E-state index contributed by atoms with van der Waals surface area (Å²) in [7, 11) is -3.72. The molecule has 3 aliphatic heterocycles. The van der Waals surface area contributed by atoms with Gasteiger partial charge in [0.2, 0.25) is 0 Å². The molecule has 3 aliphatic rings. The van der Waals surface area contributed by atoms with Crippen molar-refractivity contribution >= 4 is 54.8 Å². The third-order valence-electron chi connectivity index (χ3n) is 9.47. The monoisotopic (exact) mass is 894 g/mol. The van der Waals surface area contributed by atoms with E-state index in [2.05, 4.69) is 19.9 Å². The van der Waals surface area contributed by atoms with E-state index in [1.54, 1.807) is 36.4 Å². The van der Waals surface area contributed by atoms with Crippen LogP contribution in [0.1, 0.15) is 28.4 Å². The maximum absolute atomic E-state index is 16.4. The van der Waals surface area contributed by atoms with Gasteiger partial charge in [-0.2, -0.15) is 4.98 Å². The number of hydrogen-bond acceptors (Lipinski definition) is 19. The van der Waals surface area contributed by atoms with Crippen molar-refractivity contribution in [3.05, 3.63) is 95.1 Å². The third-order valence-corrected chi connectivity index (χ3v) is 14.1. The second-order valence-corrected chi connectivity index (χ2v) is 18.8. The highest BCUT2D eigenvalue weighted by Gasteiger charge is 2.55. The number of ether oxygens (including phenoxy) is 4. The molecule has 2 aromatic carbocycles. The predicted molar refractivity (Wildman–Crippen MR) is 205 cm³/mol. The molecule has 6 heterocycles. The largest absolute Gasteiger partial charge is 0.497 e. The Morgan fingerprint density at radius 3 is 2.23 bits per heavy atom. The van der Waals surface area contributed by atoms with Crippen LogP contribution >= 0.6 is 26.0 Å². The van der Waals surface area contributed by atoms with Crippen LogP contribution in [-0.4, -0.2) is 97.0 Å². The first kappa shape index (κ1) is 41.8. The standard InChI is InChI=1S/C34H34F2N8O13P2S/c1-50-19-8-4-18(5-9-19)33(45)53-20-6-2-17(3-7-20)14-60-59(49)52-13-22-27(24(35)32(55-22)44-16-41-26-29(38)39-15-40-30(26)44)56-58(47,48)51-12-21-28(57-59)25(36)31(54-21)43-11-10-23(37)42-34(43)46/h2-11,15-16,21-22,24-25,27-28,31-32H,12-14H2,1H3,(H,47,48)(H2,37,42,46)(H2,38,39,40)/t21-,22-,24-,25-,27-,28-,31-,32-,59?/m1/s1. The van der Waals surface area contributed by atoms with Gasteiger partial charge in [0, 0.05) is 11.9 Å². The lowest BCUT2D eigenvalue weighted by Gasteiger charge is -2.29. The van der Waals surface area contributed by atoms with E-state index in [0.29, 0.717) is 22.7 Å². The highest BCUT2D eigenvalue weighted by Crippen LogP contribution is 2.65. The number of methoxy groups -OCH3 is 1. The number of halogens is 2. The number of nitrogens with zero attached hydrogens (tertiary/aromatic N) is 6. The number of alkyl halides is 2. The molecule has 2 unspecified atom stereocenters. The van der Waals surface area contributed by atoms with E-state index in [-0.39, 0.29) is 39.9 Å². The molecule has 10 atom stereocenters. The van der Waals surface area contributed by atoms with E-state index >= 15 is 8.78 Å². The summed E-state index contributed by atoms with van der Waals surface area (Å²) in [5, 5.41) is 0. The molecule has 318 valence electrons. The maximum Gasteiger partial charge on any atom is 0.472 e. The predicted octanol–water partition coefficient (Wildman–Crippen LogP) is 3.91. The summed E-state index contributed by atoms with van der Waals surface area (Å²) in [6.07, 6.45) is -11.4. The molecule has 5 N–H and O–H groups in total. The Kier molecular flexibility index (Phi) is 11.8. The van der Waals surface area contributed by atoms with Gasteiger partial charge in [-0.05, 0) is 59.4 Å². The van der Waals surface area contributed by atoms with Crippen molar-refractivity contribution < 1.29 is 64.6 Å². The van der Waals surface area contributed by atoms with Crippen molar-refractivity contribution in [2.45, 2.75) is 55.0 Å². The van der Waals surface area contributed by atoms with Gasteiger partial charge in [0.1, 0.15) is 53.6 Å². The van der Waals surface area contributed by atoms with Crippen molar-refractivity contribution in [2.24, 2.45) is 0 Å². The number of rotatable bonds is 8. The lowest BCUT2D eigenvalue weighted by molar-refractivity contribution is -0.0619. The SMILES string of the molecule is COc1ccc(C(=O)Oc2ccc(CSP3(=O)OC[C@H]4O[C@@H](n5cnc6c(N)ncnc65)[C@H](F)[C@@H]4OP(=O)(O)OC[C@H]4O[C@@H](n5ccc(N)nc5=O)[C@H](F)[C@@H]4O3)cc2)cc1. The summed E-state index contributed by atoms with van der Waals surface area (Å²) in [4.78, 5) is 51.8. The van der Waals surface area contributed by atoms with Crippen molar-refractivity contribution in [3.63, 3.8) is 0 Å². The van der Waals surface area contributed by atoms with Crippen LogP contribution in [0.25, 0.3) is 11.2 Å². The molecule has 60 heavy (non-hydrogen) atoms. The van der Waals surface area contributed by atoms with Gasteiger partial charge in [0.05, 0.1) is 32.2 Å². The minimum atomic E-state index is -5.21. The zero-order valence-electron chi connectivity index (χ0n) is 30.9. The quantitative estimate of drug-likeness (QED) is 0.113. The first-order chi connectivity index (χ1) is 28.7. The first-order valence-electron chi connectivity index (χ1n) is 17.8. The number of anilines is 2. The second kappa shape index (κ2) is 16.9. The summed E-state index contributed by atoms with van der Waals surface area (Å²) >= 11 is 0.604. The Bertz CT molecular complexity index is 2540. The molecule has 0 spiro atoms.